The summed E-state index contributed by atoms with van der Waals surface area (Å²) < 4.78 is 2.16. The predicted molar refractivity (Wildman–Crippen MR) is 78.8 cm³/mol. The predicted octanol–water partition coefficient (Wildman–Crippen LogP) is 3.40. The minimum Gasteiger partial charge on any atom is -0.304 e. The minimum atomic E-state index is 0.619. The van der Waals surface area contributed by atoms with Crippen molar-refractivity contribution in [3.05, 3.63) is 35.4 Å². The van der Waals surface area contributed by atoms with Crippen molar-refractivity contribution in [2.45, 2.75) is 45.2 Å². The zero-order valence-electron chi connectivity index (χ0n) is 11.5. The lowest BCUT2D eigenvalue weighted by atomic mass is 10.1. The van der Waals surface area contributed by atoms with Crippen LogP contribution in [0.4, 0.5) is 0 Å². The normalized spacial score (nSPS) is 20.7. The molecule has 0 N–H and O–H groups in total. The maximum absolute atomic E-state index is 6.01. The van der Waals surface area contributed by atoms with E-state index >= 15 is 0 Å². The number of rotatable bonds is 3. The Kier molecular flexibility index (Phi) is 3.50. The molecule has 3 rings (SSSR count). The molecule has 3 nitrogen and oxygen atoms in total. The number of hydrogen-bond donors (Lipinski definition) is 0. The Hall–Kier alpha value is -1.06. The molecule has 0 radical (unpaired) electrons. The van der Waals surface area contributed by atoms with Gasteiger partial charge >= 0.3 is 0 Å². The molecule has 1 fully saturated rings. The third kappa shape index (κ3) is 2.49. The van der Waals surface area contributed by atoms with Crippen LogP contribution in [-0.4, -0.2) is 32.9 Å². The van der Waals surface area contributed by atoms with Crippen LogP contribution >= 0.6 is 11.6 Å². The zero-order valence-corrected chi connectivity index (χ0v) is 12.3. The van der Waals surface area contributed by atoms with E-state index in [4.69, 9.17) is 11.6 Å². The molecule has 0 aliphatic carbocycles. The van der Waals surface area contributed by atoms with E-state index in [0.29, 0.717) is 12.1 Å². The molecular formula is C15H20ClN3. The number of imidazole rings is 1. The molecule has 102 valence electrons. The molecule has 1 aliphatic rings. The van der Waals surface area contributed by atoms with E-state index in [-0.39, 0.29) is 0 Å². The highest BCUT2D eigenvalue weighted by atomic mass is 35.5. The van der Waals surface area contributed by atoms with Gasteiger partial charge in [-0.25, -0.2) is 4.98 Å². The molecule has 2 aromatic rings. The second-order valence-corrected chi connectivity index (χ2v) is 6.08. The van der Waals surface area contributed by atoms with Crippen molar-refractivity contribution in [1.29, 1.82) is 0 Å². The summed E-state index contributed by atoms with van der Waals surface area (Å²) in [7, 11) is 0. The van der Waals surface area contributed by atoms with Crippen molar-refractivity contribution < 1.29 is 0 Å². The lowest BCUT2D eigenvalue weighted by Gasteiger charge is -2.27. The SMILES string of the molecule is CC(C)N1CCCC1Cc1ncc2cc(Cl)ccn12. The highest BCUT2D eigenvalue weighted by Crippen LogP contribution is 2.23. The number of likely N-dealkylation sites (tertiary alicyclic amines) is 1. The van der Waals surface area contributed by atoms with Gasteiger partial charge in [0, 0.05) is 29.7 Å². The Labute approximate surface area is 119 Å². The molecule has 0 spiro atoms. The van der Waals surface area contributed by atoms with E-state index in [2.05, 4.69) is 28.1 Å². The van der Waals surface area contributed by atoms with Gasteiger partial charge in [-0.15, -0.1) is 0 Å². The first-order chi connectivity index (χ1) is 9.15. The van der Waals surface area contributed by atoms with E-state index < -0.39 is 0 Å². The van der Waals surface area contributed by atoms with Gasteiger partial charge in [0.15, 0.2) is 0 Å². The molecule has 1 aliphatic heterocycles. The van der Waals surface area contributed by atoms with Crippen LogP contribution in [-0.2, 0) is 6.42 Å². The van der Waals surface area contributed by atoms with Crippen molar-refractivity contribution >= 4 is 17.1 Å². The third-order valence-electron chi connectivity index (χ3n) is 4.07. The van der Waals surface area contributed by atoms with Gasteiger partial charge in [-0.1, -0.05) is 11.6 Å². The Bertz CT molecular complexity index is 576. The molecule has 0 saturated carbocycles. The van der Waals surface area contributed by atoms with Gasteiger partial charge in [-0.2, -0.15) is 0 Å². The largest absolute Gasteiger partial charge is 0.304 e. The van der Waals surface area contributed by atoms with Gasteiger partial charge in [-0.3, -0.25) is 4.90 Å². The van der Waals surface area contributed by atoms with Crippen molar-refractivity contribution in [3.63, 3.8) is 0 Å². The Morgan fingerprint density at radius 3 is 3.11 bits per heavy atom. The number of nitrogens with zero attached hydrogens (tertiary/aromatic N) is 3. The van der Waals surface area contributed by atoms with E-state index in [1.165, 1.54) is 19.4 Å². The molecule has 2 aromatic heterocycles. The number of pyridine rings is 1. The monoisotopic (exact) mass is 277 g/mol. The fraction of sp³-hybridized carbons (Fsp3) is 0.533. The van der Waals surface area contributed by atoms with Crippen LogP contribution < -0.4 is 0 Å². The average molecular weight is 278 g/mol. The molecule has 0 amide bonds. The van der Waals surface area contributed by atoms with Crippen LogP contribution in [0.15, 0.2) is 24.5 Å². The summed E-state index contributed by atoms with van der Waals surface area (Å²) in [5.74, 6) is 1.14. The smallest absolute Gasteiger partial charge is 0.114 e. The maximum Gasteiger partial charge on any atom is 0.114 e. The first-order valence-corrected chi connectivity index (χ1v) is 7.40. The Morgan fingerprint density at radius 1 is 1.47 bits per heavy atom. The lowest BCUT2D eigenvalue weighted by Crippen LogP contribution is -2.37. The topological polar surface area (TPSA) is 20.5 Å². The van der Waals surface area contributed by atoms with Crippen molar-refractivity contribution in [3.8, 4) is 0 Å². The standard InChI is InChI=1S/C15H20ClN3/c1-11(2)18-6-3-4-13(18)9-15-17-10-14-8-12(16)5-7-19(14)15/h5,7-8,10-11,13H,3-4,6,9H2,1-2H3. The molecule has 1 saturated heterocycles. The van der Waals surface area contributed by atoms with Gasteiger partial charge in [0.25, 0.3) is 0 Å². The van der Waals surface area contributed by atoms with Crippen molar-refractivity contribution in [1.82, 2.24) is 14.3 Å². The molecular weight excluding hydrogens is 258 g/mol. The fourth-order valence-corrected chi connectivity index (χ4v) is 3.32. The van der Waals surface area contributed by atoms with E-state index in [9.17, 15) is 0 Å². The van der Waals surface area contributed by atoms with Gasteiger partial charge in [-0.05, 0) is 45.4 Å². The number of fused-ring (bicyclic) bond motifs is 1. The quantitative estimate of drug-likeness (QED) is 0.857. The summed E-state index contributed by atoms with van der Waals surface area (Å²) in [5.41, 5.74) is 1.08. The van der Waals surface area contributed by atoms with Crippen LogP contribution in [0.2, 0.25) is 5.02 Å². The average Bonchev–Trinajstić information content (AvgIpc) is 2.97. The van der Waals surface area contributed by atoms with Gasteiger partial charge in [0.2, 0.25) is 0 Å². The van der Waals surface area contributed by atoms with Gasteiger partial charge in [0.05, 0.1) is 11.7 Å². The van der Waals surface area contributed by atoms with Crippen LogP contribution in [0.25, 0.3) is 5.52 Å². The highest BCUT2D eigenvalue weighted by molar-refractivity contribution is 6.30. The van der Waals surface area contributed by atoms with E-state index in [0.717, 1.165) is 22.8 Å². The van der Waals surface area contributed by atoms with Gasteiger partial charge in [0.1, 0.15) is 5.82 Å². The fourth-order valence-electron chi connectivity index (χ4n) is 3.15. The van der Waals surface area contributed by atoms with Crippen molar-refractivity contribution in [2.24, 2.45) is 0 Å². The Balaban J connectivity index is 1.85. The Morgan fingerprint density at radius 2 is 2.32 bits per heavy atom. The number of halogens is 1. The second-order valence-electron chi connectivity index (χ2n) is 5.65. The molecule has 0 aromatic carbocycles. The summed E-state index contributed by atoms with van der Waals surface area (Å²) in [5, 5.41) is 0.767. The van der Waals surface area contributed by atoms with Crippen LogP contribution in [0.3, 0.4) is 0 Å². The zero-order chi connectivity index (χ0) is 13.4. The maximum atomic E-state index is 6.01. The van der Waals surface area contributed by atoms with Gasteiger partial charge < -0.3 is 4.40 Å². The molecule has 19 heavy (non-hydrogen) atoms. The van der Waals surface area contributed by atoms with Crippen LogP contribution in [0.1, 0.15) is 32.5 Å². The lowest BCUT2D eigenvalue weighted by molar-refractivity contribution is 0.201. The number of aromatic nitrogens is 2. The van der Waals surface area contributed by atoms with Crippen LogP contribution in [0, 0.1) is 0 Å². The third-order valence-corrected chi connectivity index (χ3v) is 4.31. The summed E-state index contributed by atoms with van der Waals surface area (Å²) in [6.07, 6.45) is 7.54. The summed E-state index contributed by atoms with van der Waals surface area (Å²) in [6.45, 7) is 5.78. The van der Waals surface area contributed by atoms with Crippen LogP contribution in [0.5, 0.6) is 0 Å². The second kappa shape index (κ2) is 5.14. The molecule has 1 unspecified atom stereocenters. The summed E-state index contributed by atoms with van der Waals surface area (Å²) >= 11 is 6.01. The minimum absolute atomic E-state index is 0.619. The highest BCUT2D eigenvalue weighted by Gasteiger charge is 2.27. The molecule has 3 heterocycles. The summed E-state index contributed by atoms with van der Waals surface area (Å²) in [4.78, 5) is 7.17. The molecule has 4 heteroatoms. The van der Waals surface area contributed by atoms with Crippen molar-refractivity contribution in [2.75, 3.05) is 6.54 Å². The van der Waals surface area contributed by atoms with E-state index in [1.54, 1.807) is 0 Å². The molecule has 1 atom stereocenters. The van der Waals surface area contributed by atoms with E-state index in [1.807, 2.05) is 24.5 Å². The number of hydrogen-bond acceptors (Lipinski definition) is 2. The summed E-state index contributed by atoms with van der Waals surface area (Å²) in [6, 6.07) is 5.14. The first kappa shape index (κ1) is 12.9. The molecule has 0 bridgehead atoms. The first-order valence-electron chi connectivity index (χ1n) is 7.02.